The van der Waals surface area contributed by atoms with E-state index < -0.39 is 6.10 Å². The molecule has 0 amide bonds. The lowest BCUT2D eigenvalue weighted by molar-refractivity contribution is 0.126. The fourth-order valence-corrected chi connectivity index (χ4v) is 4.14. The Hall–Kier alpha value is -0.580. The van der Waals surface area contributed by atoms with Crippen LogP contribution in [0.4, 0.5) is 5.69 Å². The number of halogens is 1. The highest BCUT2D eigenvalue weighted by atomic mass is 79.9. The van der Waals surface area contributed by atoms with Crippen molar-refractivity contribution in [1.29, 1.82) is 0 Å². The van der Waals surface area contributed by atoms with Crippen LogP contribution >= 0.6 is 15.9 Å². The maximum Gasteiger partial charge on any atom is 0.0762 e. The summed E-state index contributed by atoms with van der Waals surface area (Å²) in [4.78, 5) is 2.46. The standard InChI is InChI=1S/C15H20BrNO2/c1-9(18)10-2-5-15(14(16)6-10)17-11-3-4-12(17)8-13(19)7-11/h2,5-6,9,11-13,18-19H,3-4,7-8H2,1H3/t9-,11?,12?,13?/m1/s1. The van der Waals surface area contributed by atoms with Crippen molar-refractivity contribution in [3.05, 3.63) is 28.2 Å². The Morgan fingerprint density at radius 1 is 1.26 bits per heavy atom. The zero-order valence-electron chi connectivity index (χ0n) is 11.1. The van der Waals surface area contributed by atoms with Gasteiger partial charge in [0.1, 0.15) is 0 Å². The van der Waals surface area contributed by atoms with Gasteiger partial charge in [0.2, 0.25) is 0 Å². The number of fused-ring (bicyclic) bond motifs is 2. The molecule has 0 radical (unpaired) electrons. The Labute approximate surface area is 122 Å². The van der Waals surface area contributed by atoms with Crippen molar-refractivity contribution >= 4 is 21.6 Å². The van der Waals surface area contributed by atoms with E-state index in [2.05, 4.69) is 26.9 Å². The van der Waals surface area contributed by atoms with Crippen molar-refractivity contribution in [1.82, 2.24) is 0 Å². The highest BCUT2D eigenvalue weighted by Crippen LogP contribution is 2.42. The zero-order chi connectivity index (χ0) is 13.6. The van der Waals surface area contributed by atoms with Gasteiger partial charge in [-0.2, -0.15) is 0 Å². The first kappa shape index (κ1) is 13.4. The van der Waals surface area contributed by atoms with E-state index in [1.54, 1.807) is 6.92 Å². The summed E-state index contributed by atoms with van der Waals surface area (Å²) in [5, 5.41) is 19.5. The van der Waals surface area contributed by atoms with Crippen LogP contribution < -0.4 is 4.90 Å². The van der Waals surface area contributed by atoms with E-state index in [0.29, 0.717) is 12.1 Å². The number of hydrogen-bond donors (Lipinski definition) is 2. The second kappa shape index (κ2) is 5.08. The number of piperidine rings is 1. The lowest BCUT2D eigenvalue weighted by atomic mass is 9.98. The average Bonchev–Trinajstić information content (AvgIpc) is 2.62. The average molecular weight is 326 g/mol. The van der Waals surface area contributed by atoms with Crippen LogP contribution in [0, 0.1) is 0 Å². The molecule has 104 valence electrons. The minimum Gasteiger partial charge on any atom is -0.393 e. The van der Waals surface area contributed by atoms with Gasteiger partial charge in [-0.15, -0.1) is 0 Å². The molecule has 2 aliphatic heterocycles. The molecule has 0 spiro atoms. The highest BCUT2D eigenvalue weighted by Gasteiger charge is 2.40. The maximum absolute atomic E-state index is 9.87. The molecular formula is C15H20BrNO2. The molecule has 4 heteroatoms. The van der Waals surface area contributed by atoms with Gasteiger partial charge >= 0.3 is 0 Å². The Morgan fingerprint density at radius 2 is 1.89 bits per heavy atom. The van der Waals surface area contributed by atoms with Gasteiger partial charge in [-0.1, -0.05) is 6.07 Å². The van der Waals surface area contributed by atoms with Gasteiger partial charge in [0.25, 0.3) is 0 Å². The summed E-state index contributed by atoms with van der Waals surface area (Å²) in [5.74, 6) is 0. The van der Waals surface area contributed by atoms with E-state index >= 15 is 0 Å². The molecule has 0 aliphatic carbocycles. The molecule has 1 aromatic rings. The summed E-state index contributed by atoms with van der Waals surface area (Å²) in [7, 11) is 0. The van der Waals surface area contributed by atoms with Gasteiger partial charge in [0.05, 0.1) is 17.9 Å². The summed E-state index contributed by atoms with van der Waals surface area (Å²) in [6, 6.07) is 7.01. The largest absolute Gasteiger partial charge is 0.393 e. The van der Waals surface area contributed by atoms with Crippen LogP contribution in [0.5, 0.6) is 0 Å². The van der Waals surface area contributed by atoms with E-state index in [1.165, 1.54) is 18.5 Å². The minimum atomic E-state index is -0.440. The molecule has 1 aromatic carbocycles. The molecule has 2 heterocycles. The molecule has 3 rings (SSSR count). The van der Waals surface area contributed by atoms with Crippen molar-refractivity contribution in [2.24, 2.45) is 0 Å². The predicted octanol–water partition coefficient (Wildman–Crippen LogP) is 2.99. The Kier molecular flexibility index (Phi) is 3.58. The van der Waals surface area contributed by atoms with Crippen LogP contribution in [0.15, 0.2) is 22.7 Å². The fraction of sp³-hybridized carbons (Fsp3) is 0.600. The number of nitrogens with zero attached hydrogens (tertiary/aromatic N) is 1. The van der Waals surface area contributed by atoms with Crippen molar-refractivity contribution < 1.29 is 10.2 Å². The van der Waals surface area contributed by atoms with E-state index in [1.807, 2.05) is 12.1 Å². The molecule has 2 N–H and O–H groups in total. The van der Waals surface area contributed by atoms with Crippen molar-refractivity contribution in [3.63, 3.8) is 0 Å². The van der Waals surface area contributed by atoms with Crippen LogP contribution in [0.3, 0.4) is 0 Å². The van der Waals surface area contributed by atoms with Gasteiger partial charge in [0, 0.05) is 16.6 Å². The Morgan fingerprint density at radius 3 is 2.42 bits per heavy atom. The summed E-state index contributed by atoms with van der Waals surface area (Å²) >= 11 is 3.63. The number of aliphatic hydroxyl groups is 2. The van der Waals surface area contributed by atoms with Crippen LogP contribution in [0.25, 0.3) is 0 Å². The summed E-state index contributed by atoms with van der Waals surface area (Å²) in [5.41, 5.74) is 2.13. The molecule has 2 fully saturated rings. The molecular weight excluding hydrogens is 306 g/mol. The third kappa shape index (κ3) is 2.41. The van der Waals surface area contributed by atoms with Gasteiger partial charge < -0.3 is 15.1 Å². The number of hydrogen-bond acceptors (Lipinski definition) is 3. The lowest BCUT2D eigenvalue weighted by Crippen LogP contribution is -2.45. The second-order valence-corrected chi connectivity index (χ2v) is 6.66. The van der Waals surface area contributed by atoms with Gasteiger partial charge in [-0.25, -0.2) is 0 Å². The molecule has 2 saturated heterocycles. The van der Waals surface area contributed by atoms with Gasteiger partial charge in [-0.05, 0) is 66.2 Å². The monoisotopic (exact) mass is 325 g/mol. The SMILES string of the molecule is C[C@@H](O)c1ccc(N2C3CCC2CC(O)C3)c(Br)c1. The van der Waals surface area contributed by atoms with Crippen molar-refractivity contribution in [2.75, 3.05) is 4.90 Å². The van der Waals surface area contributed by atoms with Crippen LogP contribution in [0.1, 0.15) is 44.3 Å². The van der Waals surface area contributed by atoms with E-state index in [9.17, 15) is 10.2 Å². The van der Waals surface area contributed by atoms with Crippen LogP contribution in [0.2, 0.25) is 0 Å². The number of anilines is 1. The minimum absolute atomic E-state index is 0.135. The normalized spacial score (nSPS) is 31.6. The molecule has 2 bridgehead atoms. The lowest BCUT2D eigenvalue weighted by Gasteiger charge is -2.39. The van der Waals surface area contributed by atoms with Gasteiger partial charge in [-0.3, -0.25) is 0 Å². The predicted molar refractivity (Wildman–Crippen MR) is 79.3 cm³/mol. The summed E-state index contributed by atoms with van der Waals surface area (Å²) in [6.45, 7) is 1.78. The molecule has 0 aromatic heterocycles. The molecule has 19 heavy (non-hydrogen) atoms. The molecule has 3 atom stereocenters. The first-order valence-electron chi connectivity index (χ1n) is 7.00. The third-order valence-electron chi connectivity index (χ3n) is 4.44. The molecule has 3 nitrogen and oxygen atoms in total. The first-order chi connectivity index (χ1) is 9.06. The molecule has 2 aliphatic rings. The molecule has 2 unspecified atom stereocenters. The first-order valence-corrected chi connectivity index (χ1v) is 7.79. The van der Waals surface area contributed by atoms with Crippen LogP contribution in [-0.2, 0) is 0 Å². The van der Waals surface area contributed by atoms with Crippen molar-refractivity contribution in [2.45, 2.75) is 56.9 Å². The smallest absolute Gasteiger partial charge is 0.0762 e. The molecule has 0 saturated carbocycles. The fourth-order valence-electron chi connectivity index (χ4n) is 3.53. The number of aliphatic hydroxyl groups excluding tert-OH is 2. The Balaban J connectivity index is 1.91. The second-order valence-electron chi connectivity index (χ2n) is 5.80. The quantitative estimate of drug-likeness (QED) is 0.878. The maximum atomic E-state index is 9.87. The summed E-state index contributed by atoms with van der Waals surface area (Å²) in [6.07, 6.45) is 3.52. The summed E-state index contributed by atoms with van der Waals surface area (Å²) < 4.78 is 1.04. The highest BCUT2D eigenvalue weighted by molar-refractivity contribution is 9.10. The van der Waals surface area contributed by atoms with Crippen LogP contribution in [-0.4, -0.2) is 28.4 Å². The number of benzene rings is 1. The van der Waals surface area contributed by atoms with Crippen molar-refractivity contribution in [3.8, 4) is 0 Å². The number of rotatable bonds is 2. The third-order valence-corrected chi connectivity index (χ3v) is 5.08. The van der Waals surface area contributed by atoms with Gasteiger partial charge in [0.15, 0.2) is 0 Å². The zero-order valence-corrected chi connectivity index (χ0v) is 12.7. The van der Waals surface area contributed by atoms with E-state index in [4.69, 9.17) is 0 Å². The Bertz CT molecular complexity index is 463. The topological polar surface area (TPSA) is 43.7 Å². The van der Waals surface area contributed by atoms with E-state index in [0.717, 1.165) is 22.9 Å². The van der Waals surface area contributed by atoms with E-state index in [-0.39, 0.29) is 6.10 Å².